The van der Waals surface area contributed by atoms with E-state index < -0.39 is 5.82 Å². The summed E-state index contributed by atoms with van der Waals surface area (Å²) in [5.41, 5.74) is 2.79. The van der Waals surface area contributed by atoms with E-state index in [9.17, 15) is 14.0 Å². The molecule has 0 aromatic heterocycles. The van der Waals surface area contributed by atoms with Gasteiger partial charge >= 0.3 is 0 Å². The molecule has 1 aliphatic heterocycles. The average Bonchev–Trinajstić information content (AvgIpc) is 3.21. The van der Waals surface area contributed by atoms with Gasteiger partial charge in [-0.3, -0.25) is 14.6 Å². The highest BCUT2D eigenvalue weighted by Gasteiger charge is 2.21. The summed E-state index contributed by atoms with van der Waals surface area (Å²) in [7, 11) is 1.67. The topological polar surface area (TPSA) is 85.8 Å². The van der Waals surface area contributed by atoms with Crippen LogP contribution in [0.2, 0.25) is 0 Å². The van der Waals surface area contributed by atoms with E-state index in [2.05, 4.69) is 20.9 Å². The third-order valence-electron chi connectivity index (χ3n) is 5.14. The van der Waals surface area contributed by atoms with Crippen LogP contribution in [0.5, 0.6) is 0 Å². The molecular weight excluding hydrogens is 397 g/mol. The first-order valence-electron chi connectivity index (χ1n) is 10.4. The van der Waals surface area contributed by atoms with Gasteiger partial charge in [0.1, 0.15) is 5.82 Å². The summed E-state index contributed by atoms with van der Waals surface area (Å²) in [6.07, 6.45) is 1.53. The molecule has 0 atom stereocenters. The molecule has 1 aliphatic rings. The maximum atomic E-state index is 13.6. The lowest BCUT2D eigenvalue weighted by Gasteiger charge is -2.16. The Morgan fingerprint density at radius 1 is 1.10 bits per heavy atom. The second-order valence-electron chi connectivity index (χ2n) is 7.39. The smallest absolute Gasteiger partial charge is 0.251 e. The summed E-state index contributed by atoms with van der Waals surface area (Å²) in [5, 5.41) is 9.09. The predicted molar refractivity (Wildman–Crippen MR) is 120 cm³/mol. The predicted octanol–water partition coefficient (Wildman–Crippen LogP) is 2.36. The molecule has 31 heavy (non-hydrogen) atoms. The quantitative estimate of drug-likeness (QED) is 0.361. The molecule has 0 aliphatic carbocycles. The van der Waals surface area contributed by atoms with E-state index >= 15 is 0 Å². The first-order chi connectivity index (χ1) is 15.0. The molecule has 1 fully saturated rings. The second-order valence-corrected chi connectivity index (χ2v) is 7.39. The molecule has 0 unspecified atom stereocenters. The average molecular weight is 426 g/mol. The van der Waals surface area contributed by atoms with Crippen LogP contribution in [0, 0.1) is 12.7 Å². The molecule has 2 aromatic rings. The van der Waals surface area contributed by atoms with E-state index in [1.54, 1.807) is 26.1 Å². The van der Waals surface area contributed by atoms with Gasteiger partial charge in [-0.15, -0.1) is 0 Å². The number of nitrogens with zero attached hydrogens (tertiary/aromatic N) is 2. The zero-order valence-electron chi connectivity index (χ0n) is 17.9. The number of hydrogen-bond acceptors (Lipinski definition) is 3. The summed E-state index contributed by atoms with van der Waals surface area (Å²) in [4.78, 5) is 29.9. The molecule has 0 saturated carbocycles. The van der Waals surface area contributed by atoms with E-state index in [0.29, 0.717) is 43.1 Å². The third-order valence-corrected chi connectivity index (χ3v) is 5.14. The molecule has 3 rings (SSSR count). The minimum absolute atomic E-state index is 0.176. The molecule has 0 spiro atoms. The Hall–Kier alpha value is -3.42. The van der Waals surface area contributed by atoms with Crippen molar-refractivity contribution in [1.29, 1.82) is 0 Å². The molecule has 1 saturated heterocycles. The maximum absolute atomic E-state index is 13.6. The first-order valence-corrected chi connectivity index (χ1v) is 10.4. The number of rotatable bonds is 7. The van der Waals surface area contributed by atoms with Gasteiger partial charge in [-0.1, -0.05) is 18.2 Å². The number of nitrogens with one attached hydrogen (secondary N) is 3. The van der Waals surface area contributed by atoms with Gasteiger partial charge in [-0.05, 0) is 48.7 Å². The number of carbonyl (C=O) groups excluding carboxylic acids is 2. The van der Waals surface area contributed by atoms with Crippen LogP contribution in [0.3, 0.4) is 0 Å². The Morgan fingerprint density at radius 2 is 1.84 bits per heavy atom. The van der Waals surface area contributed by atoms with Crippen LogP contribution in [0.4, 0.5) is 10.1 Å². The number of benzene rings is 2. The minimum Gasteiger partial charge on any atom is -0.355 e. The van der Waals surface area contributed by atoms with Crippen LogP contribution in [0.15, 0.2) is 47.5 Å². The molecule has 2 aromatic carbocycles. The number of anilines is 1. The van der Waals surface area contributed by atoms with Crippen LogP contribution in [0.1, 0.15) is 34.3 Å². The highest BCUT2D eigenvalue weighted by atomic mass is 19.1. The number of guanidine groups is 1. The van der Waals surface area contributed by atoms with E-state index in [1.807, 2.05) is 29.2 Å². The molecule has 0 bridgehead atoms. The molecule has 1 heterocycles. The van der Waals surface area contributed by atoms with Crippen molar-refractivity contribution < 1.29 is 14.0 Å². The lowest BCUT2D eigenvalue weighted by molar-refractivity contribution is -0.117. The fourth-order valence-corrected chi connectivity index (χ4v) is 3.31. The zero-order chi connectivity index (χ0) is 22.2. The van der Waals surface area contributed by atoms with Crippen LogP contribution in [-0.4, -0.2) is 44.5 Å². The maximum Gasteiger partial charge on any atom is 0.251 e. The van der Waals surface area contributed by atoms with Crippen molar-refractivity contribution in [2.75, 3.05) is 31.6 Å². The Labute approximate surface area is 181 Å². The highest BCUT2D eigenvalue weighted by molar-refractivity contribution is 5.95. The molecule has 0 radical (unpaired) electrons. The molecule has 7 nitrogen and oxygen atoms in total. The SMILES string of the molecule is CN=C(NCCNC(=O)c1ccc(C)c(F)c1)NCc1ccc(N2CCCC2=O)cc1. The highest BCUT2D eigenvalue weighted by Crippen LogP contribution is 2.21. The van der Waals surface area contributed by atoms with Crippen molar-refractivity contribution in [3.63, 3.8) is 0 Å². The lowest BCUT2D eigenvalue weighted by atomic mass is 10.1. The second kappa shape index (κ2) is 10.6. The normalized spacial score (nSPS) is 14.0. The summed E-state index contributed by atoms with van der Waals surface area (Å²) in [5.74, 6) is 0.0696. The van der Waals surface area contributed by atoms with Crippen LogP contribution >= 0.6 is 0 Å². The molecule has 3 N–H and O–H groups in total. The van der Waals surface area contributed by atoms with Gasteiger partial charge in [-0.2, -0.15) is 0 Å². The van der Waals surface area contributed by atoms with Gasteiger partial charge in [0.2, 0.25) is 5.91 Å². The summed E-state index contributed by atoms with van der Waals surface area (Å²) in [6.45, 7) is 3.84. The lowest BCUT2D eigenvalue weighted by Crippen LogP contribution is -2.41. The van der Waals surface area contributed by atoms with Gasteiger partial charge in [0.25, 0.3) is 5.91 Å². The Kier molecular flexibility index (Phi) is 7.59. The Bertz CT molecular complexity index is 959. The minimum atomic E-state index is -0.393. The van der Waals surface area contributed by atoms with Crippen molar-refractivity contribution in [1.82, 2.24) is 16.0 Å². The van der Waals surface area contributed by atoms with E-state index in [4.69, 9.17) is 0 Å². The zero-order valence-corrected chi connectivity index (χ0v) is 17.9. The Morgan fingerprint density at radius 3 is 2.48 bits per heavy atom. The third kappa shape index (κ3) is 6.04. The van der Waals surface area contributed by atoms with Crippen molar-refractivity contribution in [2.24, 2.45) is 4.99 Å². The number of halogens is 1. The van der Waals surface area contributed by atoms with Gasteiger partial charge in [-0.25, -0.2) is 4.39 Å². The summed E-state index contributed by atoms with van der Waals surface area (Å²) < 4.78 is 13.6. The van der Waals surface area contributed by atoms with Crippen molar-refractivity contribution >= 4 is 23.5 Å². The van der Waals surface area contributed by atoms with E-state index in [1.165, 1.54) is 6.07 Å². The van der Waals surface area contributed by atoms with Gasteiger partial charge < -0.3 is 20.9 Å². The number of amides is 2. The van der Waals surface area contributed by atoms with Gasteiger partial charge in [0.15, 0.2) is 5.96 Å². The van der Waals surface area contributed by atoms with Crippen LogP contribution < -0.4 is 20.9 Å². The number of carbonyl (C=O) groups is 2. The van der Waals surface area contributed by atoms with Crippen molar-refractivity contribution in [3.8, 4) is 0 Å². The van der Waals surface area contributed by atoms with Crippen molar-refractivity contribution in [3.05, 3.63) is 65.0 Å². The number of aliphatic imine (C=N–C) groups is 1. The fraction of sp³-hybridized carbons (Fsp3) is 0.348. The molecule has 8 heteroatoms. The number of aryl methyl sites for hydroxylation is 1. The van der Waals surface area contributed by atoms with Gasteiger partial charge in [0, 0.05) is 50.9 Å². The summed E-state index contributed by atoms with van der Waals surface area (Å²) >= 11 is 0. The van der Waals surface area contributed by atoms with Gasteiger partial charge in [0.05, 0.1) is 0 Å². The largest absolute Gasteiger partial charge is 0.355 e. The van der Waals surface area contributed by atoms with E-state index in [0.717, 1.165) is 24.2 Å². The fourth-order valence-electron chi connectivity index (χ4n) is 3.31. The van der Waals surface area contributed by atoms with Crippen molar-refractivity contribution in [2.45, 2.75) is 26.3 Å². The Balaban J connectivity index is 1.40. The summed E-state index contributed by atoms with van der Waals surface area (Å²) in [6, 6.07) is 12.3. The molecule has 164 valence electrons. The standard InChI is InChI=1S/C23H28FN5O2/c1-16-5-8-18(14-20(16)24)22(31)26-11-12-27-23(25-2)28-15-17-6-9-19(10-7-17)29-13-3-4-21(29)30/h5-10,14H,3-4,11-13,15H2,1-2H3,(H,26,31)(H2,25,27,28). The first kappa shape index (κ1) is 22.3. The monoisotopic (exact) mass is 425 g/mol. The van der Waals surface area contributed by atoms with E-state index in [-0.39, 0.29) is 11.8 Å². The molecule has 2 amide bonds. The van der Waals surface area contributed by atoms with Crippen LogP contribution in [0.25, 0.3) is 0 Å². The van der Waals surface area contributed by atoms with Crippen LogP contribution in [-0.2, 0) is 11.3 Å². The number of hydrogen-bond donors (Lipinski definition) is 3. The molecular formula is C23H28FN5O2.